The van der Waals surface area contributed by atoms with Gasteiger partial charge in [0, 0.05) is 42.3 Å². The largest absolute Gasteiger partial charge is 0.465 e. The van der Waals surface area contributed by atoms with E-state index in [0.717, 1.165) is 24.3 Å². The van der Waals surface area contributed by atoms with Crippen molar-refractivity contribution in [3.05, 3.63) is 59.8 Å². The molecule has 2 aromatic carbocycles. The summed E-state index contributed by atoms with van der Waals surface area (Å²) in [5, 5.41) is 5.90. The average Bonchev–Trinajstić information content (AvgIpc) is 3.08. The molecule has 1 heterocycles. The molecule has 0 fully saturated rings. The van der Waals surface area contributed by atoms with Gasteiger partial charge in [0.05, 0.1) is 18.2 Å². The zero-order valence-corrected chi connectivity index (χ0v) is 18.8. The van der Waals surface area contributed by atoms with Crippen molar-refractivity contribution in [2.75, 3.05) is 49.8 Å². The summed E-state index contributed by atoms with van der Waals surface area (Å²) in [7, 11) is 5.33. The molecule has 8 heteroatoms. The van der Waals surface area contributed by atoms with Gasteiger partial charge in [-0.3, -0.25) is 9.59 Å². The molecule has 32 heavy (non-hydrogen) atoms. The monoisotopic (exact) mass is 436 g/mol. The van der Waals surface area contributed by atoms with E-state index in [1.165, 1.54) is 7.11 Å². The minimum atomic E-state index is -0.459. The first-order chi connectivity index (χ1) is 15.3. The quantitative estimate of drug-likeness (QED) is 0.488. The second-order valence-corrected chi connectivity index (χ2v) is 7.78. The van der Waals surface area contributed by atoms with E-state index in [-0.39, 0.29) is 11.8 Å². The van der Waals surface area contributed by atoms with Crippen molar-refractivity contribution >= 4 is 40.4 Å². The van der Waals surface area contributed by atoms with Crippen LogP contribution in [0.2, 0.25) is 0 Å². The van der Waals surface area contributed by atoms with Crippen molar-refractivity contribution in [1.82, 2.24) is 4.90 Å². The molecule has 0 unspecified atom stereocenters. The molecule has 0 atom stereocenters. The van der Waals surface area contributed by atoms with Gasteiger partial charge in [0.2, 0.25) is 5.91 Å². The van der Waals surface area contributed by atoms with Gasteiger partial charge in [-0.15, -0.1) is 0 Å². The molecule has 2 amide bonds. The highest BCUT2D eigenvalue weighted by molar-refractivity contribution is 6.31. The van der Waals surface area contributed by atoms with Gasteiger partial charge < -0.3 is 25.2 Å². The summed E-state index contributed by atoms with van der Waals surface area (Å²) in [6.07, 6.45) is 2.51. The minimum absolute atomic E-state index is 0.00265. The Labute approximate surface area is 187 Å². The second-order valence-electron chi connectivity index (χ2n) is 7.78. The Hall–Kier alpha value is -3.65. The highest BCUT2D eigenvalue weighted by atomic mass is 16.5. The first kappa shape index (κ1) is 23.0. The van der Waals surface area contributed by atoms with Crippen LogP contribution in [0.25, 0.3) is 5.57 Å². The van der Waals surface area contributed by atoms with Gasteiger partial charge in [-0.2, -0.15) is 0 Å². The molecule has 2 N–H and O–H groups in total. The van der Waals surface area contributed by atoms with Crippen LogP contribution in [0.15, 0.2) is 48.7 Å². The summed E-state index contributed by atoms with van der Waals surface area (Å²) < 4.78 is 4.72. The third kappa shape index (κ3) is 5.33. The summed E-state index contributed by atoms with van der Waals surface area (Å²) in [6, 6.07) is 12.4. The molecular weight excluding hydrogens is 408 g/mol. The number of esters is 1. The third-order valence-electron chi connectivity index (χ3n) is 5.15. The maximum absolute atomic E-state index is 12.4. The van der Waals surface area contributed by atoms with E-state index in [1.807, 2.05) is 38.4 Å². The fourth-order valence-electron chi connectivity index (χ4n) is 3.49. The van der Waals surface area contributed by atoms with Crippen LogP contribution in [0.1, 0.15) is 29.3 Å². The lowest BCUT2D eigenvalue weighted by molar-refractivity contribution is -0.116. The second kappa shape index (κ2) is 10.1. The first-order valence-electron chi connectivity index (χ1n) is 10.3. The van der Waals surface area contributed by atoms with Gasteiger partial charge in [0.1, 0.15) is 0 Å². The molecule has 1 aliphatic rings. The summed E-state index contributed by atoms with van der Waals surface area (Å²) in [6.45, 7) is 3.12. The standard InChI is InChI=1S/C24H28N4O4/c1-16(29)28(13-5-12-27(2)3)19-9-7-18(8-10-19)25-15-21-20-11-6-17(24(31)32-4)14-22(20)26-23(21)30/h6-11,14-15,25H,5,12-13H2,1-4H3,(H,26,30). The number of carbonyl (C=O) groups is 3. The number of amides is 2. The molecule has 0 saturated carbocycles. The van der Waals surface area contributed by atoms with Gasteiger partial charge in [0.25, 0.3) is 5.91 Å². The summed E-state index contributed by atoms with van der Waals surface area (Å²) in [5.41, 5.74) is 3.72. The lowest BCUT2D eigenvalue weighted by Crippen LogP contribution is -2.31. The van der Waals surface area contributed by atoms with Crippen LogP contribution >= 0.6 is 0 Å². The van der Waals surface area contributed by atoms with Crippen LogP contribution in [-0.4, -0.2) is 57.0 Å². The number of ether oxygens (including phenoxy) is 1. The van der Waals surface area contributed by atoms with Crippen LogP contribution in [0, 0.1) is 0 Å². The molecule has 1 aliphatic heterocycles. The Kier molecular flexibility index (Phi) is 7.27. The van der Waals surface area contributed by atoms with Crippen LogP contribution < -0.4 is 15.5 Å². The van der Waals surface area contributed by atoms with Crippen molar-refractivity contribution in [3.63, 3.8) is 0 Å². The van der Waals surface area contributed by atoms with E-state index in [9.17, 15) is 14.4 Å². The van der Waals surface area contributed by atoms with Crippen molar-refractivity contribution in [1.29, 1.82) is 0 Å². The van der Waals surface area contributed by atoms with E-state index < -0.39 is 5.97 Å². The number of hydrogen-bond acceptors (Lipinski definition) is 6. The Morgan fingerprint density at radius 3 is 2.44 bits per heavy atom. The molecule has 0 aliphatic carbocycles. The maximum Gasteiger partial charge on any atom is 0.337 e. The van der Waals surface area contributed by atoms with Crippen molar-refractivity contribution in [2.45, 2.75) is 13.3 Å². The minimum Gasteiger partial charge on any atom is -0.465 e. The number of nitrogens with one attached hydrogen (secondary N) is 2. The first-order valence-corrected chi connectivity index (χ1v) is 10.3. The highest BCUT2D eigenvalue weighted by Crippen LogP contribution is 2.32. The highest BCUT2D eigenvalue weighted by Gasteiger charge is 2.25. The summed E-state index contributed by atoms with van der Waals surface area (Å²) in [5.74, 6) is -0.717. The number of carbonyl (C=O) groups excluding carboxylic acids is 3. The maximum atomic E-state index is 12.4. The Bertz CT molecular complexity index is 1040. The smallest absolute Gasteiger partial charge is 0.337 e. The van der Waals surface area contributed by atoms with Crippen LogP contribution in [0.5, 0.6) is 0 Å². The molecule has 0 spiro atoms. The van der Waals surface area contributed by atoms with E-state index in [4.69, 9.17) is 4.74 Å². The van der Waals surface area contributed by atoms with Gasteiger partial charge in [0.15, 0.2) is 0 Å². The van der Waals surface area contributed by atoms with E-state index in [2.05, 4.69) is 15.5 Å². The normalized spacial score (nSPS) is 13.7. The topological polar surface area (TPSA) is 91.0 Å². The number of methoxy groups -OCH3 is 1. The number of rotatable bonds is 8. The molecule has 0 aromatic heterocycles. The fraction of sp³-hybridized carbons (Fsp3) is 0.292. The average molecular weight is 437 g/mol. The lowest BCUT2D eigenvalue weighted by atomic mass is 10.1. The van der Waals surface area contributed by atoms with Crippen LogP contribution in [0.3, 0.4) is 0 Å². The van der Waals surface area contributed by atoms with E-state index in [0.29, 0.717) is 28.9 Å². The molecule has 2 aromatic rings. The molecule has 3 rings (SSSR count). The van der Waals surface area contributed by atoms with E-state index in [1.54, 1.807) is 36.2 Å². The van der Waals surface area contributed by atoms with Gasteiger partial charge in [-0.1, -0.05) is 6.07 Å². The molecule has 0 bridgehead atoms. The van der Waals surface area contributed by atoms with Gasteiger partial charge in [-0.25, -0.2) is 4.79 Å². The molecule has 0 saturated heterocycles. The summed E-state index contributed by atoms with van der Waals surface area (Å²) in [4.78, 5) is 40.0. The number of anilines is 3. The van der Waals surface area contributed by atoms with Gasteiger partial charge >= 0.3 is 5.97 Å². The molecule has 8 nitrogen and oxygen atoms in total. The zero-order chi connectivity index (χ0) is 23.3. The molecule has 168 valence electrons. The zero-order valence-electron chi connectivity index (χ0n) is 18.8. The number of fused-ring (bicyclic) bond motifs is 1. The lowest BCUT2D eigenvalue weighted by Gasteiger charge is -2.22. The Morgan fingerprint density at radius 1 is 1.09 bits per heavy atom. The predicted molar refractivity (Wildman–Crippen MR) is 126 cm³/mol. The predicted octanol–water partition coefficient (Wildman–Crippen LogP) is 3.18. The van der Waals surface area contributed by atoms with Crippen molar-refractivity contribution in [3.8, 4) is 0 Å². The summed E-state index contributed by atoms with van der Waals surface area (Å²) >= 11 is 0. The number of hydrogen-bond donors (Lipinski definition) is 2. The van der Waals surface area contributed by atoms with Crippen molar-refractivity contribution < 1.29 is 19.1 Å². The van der Waals surface area contributed by atoms with Crippen LogP contribution in [-0.2, 0) is 14.3 Å². The van der Waals surface area contributed by atoms with Crippen LogP contribution in [0.4, 0.5) is 17.1 Å². The molecular formula is C24H28N4O4. The third-order valence-corrected chi connectivity index (χ3v) is 5.15. The fourth-order valence-corrected chi connectivity index (χ4v) is 3.49. The van der Waals surface area contributed by atoms with E-state index >= 15 is 0 Å². The SMILES string of the molecule is COC(=O)c1ccc2c(c1)NC(=O)C2=CNc1ccc(N(CCCN(C)C)C(C)=O)cc1. The van der Waals surface area contributed by atoms with Gasteiger partial charge in [-0.05, 0) is 63.5 Å². The number of nitrogens with zero attached hydrogens (tertiary/aromatic N) is 2. The Morgan fingerprint density at radius 2 is 1.81 bits per heavy atom. The molecule has 0 radical (unpaired) electrons. The Balaban J connectivity index is 1.71. The van der Waals surface area contributed by atoms with Crippen molar-refractivity contribution in [2.24, 2.45) is 0 Å². The number of benzene rings is 2.